The summed E-state index contributed by atoms with van der Waals surface area (Å²) in [5.74, 6) is 1.89. The number of hydrogen-bond acceptors (Lipinski definition) is 5. The minimum absolute atomic E-state index is 0.0603. The number of aryl methyl sites for hydroxylation is 1. The van der Waals surface area contributed by atoms with Crippen LogP contribution in [0.25, 0.3) is 38.9 Å². The Morgan fingerprint density at radius 2 is 1.31 bits per heavy atom. The van der Waals surface area contributed by atoms with E-state index in [2.05, 4.69) is 168 Å². The predicted molar refractivity (Wildman–Crippen MR) is 237 cm³/mol. The van der Waals surface area contributed by atoms with Crippen molar-refractivity contribution in [1.29, 1.82) is 0 Å². The average Bonchev–Trinajstić information content (AvgIpc) is 3.67. The highest BCUT2D eigenvalue weighted by Crippen LogP contribution is 2.50. The molecule has 8 aromatic rings. The van der Waals surface area contributed by atoms with Crippen LogP contribution in [0.4, 0.5) is 0 Å². The molecule has 0 radical (unpaired) electrons. The fourth-order valence-electron chi connectivity index (χ4n) is 8.41. The highest BCUT2D eigenvalue weighted by Gasteiger charge is 2.55. The molecule has 0 spiro atoms. The molecule has 0 saturated heterocycles. The van der Waals surface area contributed by atoms with Gasteiger partial charge >= 0.3 is 0 Å². The van der Waals surface area contributed by atoms with Gasteiger partial charge in [-0.25, -0.2) is 9.98 Å². The van der Waals surface area contributed by atoms with Crippen LogP contribution in [0.3, 0.4) is 0 Å². The molecule has 0 unspecified atom stereocenters. The second kappa shape index (κ2) is 14.1. The Kier molecular flexibility index (Phi) is 9.04. The van der Waals surface area contributed by atoms with Crippen LogP contribution in [-0.4, -0.2) is 31.6 Å². The molecule has 4 heterocycles. The van der Waals surface area contributed by atoms with Crippen molar-refractivity contribution in [3.05, 3.63) is 186 Å². The summed E-state index contributed by atoms with van der Waals surface area (Å²) in [7, 11) is 0. The first-order valence-electron chi connectivity index (χ1n) is 20.0. The van der Waals surface area contributed by atoms with Gasteiger partial charge in [0.15, 0.2) is 0 Å². The lowest BCUT2D eigenvalue weighted by Gasteiger charge is -2.41. The zero-order chi connectivity index (χ0) is 40.2. The van der Waals surface area contributed by atoms with Crippen molar-refractivity contribution in [3.8, 4) is 28.4 Å². The van der Waals surface area contributed by atoms with Crippen LogP contribution >= 0.6 is 0 Å². The summed E-state index contributed by atoms with van der Waals surface area (Å²) in [5, 5.41) is 2.29. The molecule has 0 bridgehead atoms. The van der Waals surface area contributed by atoms with E-state index in [0.29, 0.717) is 11.6 Å². The second-order valence-electron chi connectivity index (χ2n) is 17.2. The van der Waals surface area contributed by atoms with Gasteiger partial charge in [0.1, 0.15) is 28.3 Å². The second-order valence-corrected chi connectivity index (χ2v) is 17.2. The molecule has 288 valence electrons. The molecule has 58 heavy (non-hydrogen) atoms. The van der Waals surface area contributed by atoms with E-state index in [-0.39, 0.29) is 11.3 Å². The molecule has 0 saturated carbocycles. The number of nitrogens with zero attached hydrogens (tertiary/aromatic N) is 4. The first-order valence-corrected chi connectivity index (χ1v) is 20.0. The van der Waals surface area contributed by atoms with Gasteiger partial charge in [-0.15, -0.1) is 0 Å². The summed E-state index contributed by atoms with van der Waals surface area (Å²) < 4.78 is 16.2. The number of aromatic nitrogens is 3. The lowest BCUT2D eigenvalue weighted by molar-refractivity contribution is 0.0453. The lowest BCUT2D eigenvalue weighted by Crippen LogP contribution is -2.49. The van der Waals surface area contributed by atoms with E-state index in [4.69, 9.17) is 24.4 Å². The molecular formula is C52H48N4O2. The van der Waals surface area contributed by atoms with Crippen LogP contribution in [-0.2, 0) is 10.2 Å². The highest BCUT2D eigenvalue weighted by molar-refractivity contribution is 6.08. The topological polar surface area (TPSA) is 61.5 Å². The van der Waals surface area contributed by atoms with Crippen LogP contribution in [0.15, 0.2) is 163 Å². The van der Waals surface area contributed by atoms with E-state index < -0.39 is 11.1 Å². The maximum Gasteiger partial charge on any atom is 0.217 e. The molecule has 1 atom stereocenters. The van der Waals surface area contributed by atoms with Gasteiger partial charge in [0, 0.05) is 46.3 Å². The van der Waals surface area contributed by atoms with Gasteiger partial charge in [-0.3, -0.25) is 9.55 Å². The quantitative estimate of drug-likeness (QED) is 0.155. The summed E-state index contributed by atoms with van der Waals surface area (Å²) in [4.78, 5) is 15.2. The maximum atomic E-state index is 6.98. The van der Waals surface area contributed by atoms with Crippen molar-refractivity contribution in [2.45, 2.75) is 70.9 Å². The number of ether oxygens (including phenoxy) is 2. The molecule has 1 aliphatic heterocycles. The van der Waals surface area contributed by atoms with Crippen molar-refractivity contribution in [2.24, 2.45) is 4.99 Å². The highest BCUT2D eigenvalue weighted by atomic mass is 16.5. The van der Waals surface area contributed by atoms with Gasteiger partial charge in [-0.05, 0) is 117 Å². The third-order valence-electron chi connectivity index (χ3n) is 11.8. The van der Waals surface area contributed by atoms with Crippen LogP contribution < -0.4 is 4.74 Å². The van der Waals surface area contributed by atoms with Crippen LogP contribution in [0, 0.1) is 6.92 Å². The van der Waals surface area contributed by atoms with Crippen molar-refractivity contribution in [2.75, 3.05) is 0 Å². The summed E-state index contributed by atoms with van der Waals surface area (Å²) in [6.45, 7) is 15.3. The summed E-state index contributed by atoms with van der Waals surface area (Å²) >= 11 is 0. The zero-order valence-electron chi connectivity index (χ0n) is 34.2. The van der Waals surface area contributed by atoms with E-state index in [1.807, 2.05) is 42.7 Å². The Bertz CT molecular complexity index is 2780. The van der Waals surface area contributed by atoms with Gasteiger partial charge in [-0.2, -0.15) is 0 Å². The summed E-state index contributed by atoms with van der Waals surface area (Å²) in [5.41, 5.74) is 8.81. The monoisotopic (exact) mass is 760 g/mol. The maximum absolute atomic E-state index is 6.98. The zero-order valence-corrected chi connectivity index (χ0v) is 34.2. The molecule has 6 heteroatoms. The smallest absolute Gasteiger partial charge is 0.217 e. The minimum Gasteiger partial charge on any atom is -0.469 e. The van der Waals surface area contributed by atoms with Crippen LogP contribution in [0.1, 0.15) is 75.3 Å². The van der Waals surface area contributed by atoms with E-state index in [1.165, 1.54) is 22.1 Å². The fraction of sp³-hybridized carbons (Fsp3) is 0.212. The van der Waals surface area contributed by atoms with Gasteiger partial charge in [0.2, 0.25) is 5.90 Å². The molecule has 6 nitrogen and oxygen atoms in total. The Labute approximate surface area is 340 Å². The number of fused-ring (bicyclic) bond motifs is 3. The van der Waals surface area contributed by atoms with Crippen molar-refractivity contribution < 1.29 is 9.47 Å². The molecule has 3 aromatic heterocycles. The largest absolute Gasteiger partial charge is 0.469 e. The van der Waals surface area contributed by atoms with Gasteiger partial charge < -0.3 is 9.47 Å². The fourth-order valence-corrected chi connectivity index (χ4v) is 8.41. The minimum atomic E-state index is -0.661. The van der Waals surface area contributed by atoms with Gasteiger partial charge in [-0.1, -0.05) is 99.1 Å². The molecule has 0 fully saturated rings. The number of pyridine rings is 2. The number of rotatable bonds is 8. The van der Waals surface area contributed by atoms with Gasteiger partial charge in [0.25, 0.3) is 0 Å². The van der Waals surface area contributed by atoms with E-state index in [1.54, 1.807) is 0 Å². The average molecular weight is 761 g/mol. The molecule has 1 aliphatic rings. The number of aliphatic imine (C=N–C) groups is 1. The molecule has 0 N–H and O–H groups in total. The number of hydrogen-bond donors (Lipinski definition) is 0. The Balaban J connectivity index is 1.19. The third-order valence-corrected chi connectivity index (χ3v) is 11.8. The normalized spacial score (nSPS) is 16.4. The standard InChI is InChI=1S/C52H48N4O2/c1-34-23-24-46-44(27-34)43-21-16-26-54-48(43)56(46)40-31-39(50(2,3)4)32-42(33-40)57-41-29-37(45-22-14-15-25-53-45)28-38(30-41)49-55-52(7,51(5,6)58-49)47(35-17-10-8-11-18-35)36-19-12-9-13-20-36/h8-33,47H,1-7H3/t52-/m1/s1. The van der Waals surface area contributed by atoms with Crippen molar-refractivity contribution in [1.82, 2.24) is 14.5 Å². The molecular weight excluding hydrogens is 713 g/mol. The first-order chi connectivity index (χ1) is 27.9. The van der Waals surface area contributed by atoms with Crippen molar-refractivity contribution >= 4 is 27.8 Å². The molecule has 0 aliphatic carbocycles. The van der Waals surface area contributed by atoms with Crippen LogP contribution in [0.5, 0.6) is 11.5 Å². The van der Waals surface area contributed by atoms with E-state index in [0.717, 1.165) is 50.4 Å². The predicted octanol–water partition coefficient (Wildman–Crippen LogP) is 12.8. The van der Waals surface area contributed by atoms with Crippen molar-refractivity contribution in [3.63, 3.8) is 0 Å². The molecule has 5 aromatic carbocycles. The Hall–Kier alpha value is -6.53. The third kappa shape index (κ3) is 6.62. The SMILES string of the molecule is Cc1ccc2c(c1)c1cccnc1n2-c1cc(Oc2cc(C3=N[C@](C)(C(c4ccccc4)c4ccccc4)C(C)(C)O3)cc(-c3ccccn3)c2)cc(C(C)(C)C)c1. The summed E-state index contributed by atoms with van der Waals surface area (Å²) in [6.07, 6.45) is 3.68. The lowest BCUT2D eigenvalue weighted by atomic mass is 9.69. The molecule has 9 rings (SSSR count). The van der Waals surface area contributed by atoms with Crippen LogP contribution in [0.2, 0.25) is 0 Å². The Morgan fingerprint density at radius 3 is 2.00 bits per heavy atom. The molecule has 0 amide bonds. The van der Waals surface area contributed by atoms with E-state index in [9.17, 15) is 0 Å². The number of benzene rings is 5. The Morgan fingerprint density at radius 1 is 0.638 bits per heavy atom. The van der Waals surface area contributed by atoms with E-state index >= 15 is 0 Å². The van der Waals surface area contributed by atoms with Gasteiger partial charge in [0.05, 0.1) is 16.9 Å². The first kappa shape index (κ1) is 37.1. The summed E-state index contributed by atoms with van der Waals surface area (Å²) in [6, 6.07) is 50.7.